The molecule has 0 bridgehead atoms. The molecule has 0 aliphatic heterocycles. The van der Waals surface area contributed by atoms with Crippen LogP contribution in [-0.2, 0) is 14.6 Å². The monoisotopic (exact) mass is 320 g/mol. The van der Waals surface area contributed by atoms with Crippen molar-refractivity contribution in [2.24, 2.45) is 11.7 Å². The molecule has 8 heteroatoms. The van der Waals surface area contributed by atoms with Crippen LogP contribution in [0.3, 0.4) is 0 Å². The zero-order valence-corrected chi connectivity index (χ0v) is 12.5. The lowest BCUT2D eigenvalue weighted by Crippen LogP contribution is -2.40. The highest BCUT2D eigenvalue weighted by Crippen LogP contribution is 2.21. The zero-order chi connectivity index (χ0) is 16.2. The molecule has 1 aromatic rings. The number of benzene rings is 1. The summed E-state index contributed by atoms with van der Waals surface area (Å²) in [6.07, 6.45) is 0.721. The molecule has 21 heavy (non-hydrogen) atoms. The van der Waals surface area contributed by atoms with Crippen LogP contribution in [0, 0.1) is 5.92 Å². The summed E-state index contributed by atoms with van der Waals surface area (Å²) in [5, 5.41) is 2.88. The van der Waals surface area contributed by atoms with Crippen LogP contribution in [-0.4, -0.2) is 26.1 Å². The van der Waals surface area contributed by atoms with E-state index < -0.39 is 32.4 Å². The maximum Gasteiger partial charge on any atom is 0.341 e. The van der Waals surface area contributed by atoms with Crippen molar-refractivity contribution in [2.75, 3.05) is 5.32 Å². The molecule has 0 saturated carbocycles. The molecule has 5 nitrogen and oxygen atoms in total. The van der Waals surface area contributed by atoms with Gasteiger partial charge in [-0.3, -0.25) is 4.79 Å². The third kappa shape index (κ3) is 4.13. The summed E-state index contributed by atoms with van der Waals surface area (Å²) in [6.45, 7) is 3.75. The number of hydrogen-bond acceptors (Lipinski definition) is 4. The highest BCUT2D eigenvalue weighted by Gasteiger charge is 2.26. The molecule has 2 atom stereocenters. The van der Waals surface area contributed by atoms with Crippen molar-refractivity contribution in [1.82, 2.24) is 0 Å². The van der Waals surface area contributed by atoms with Gasteiger partial charge in [0.2, 0.25) is 15.7 Å². The molecule has 0 spiro atoms. The SMILES string of the molecule is CCC(C)C(Nc1ccc(S(=O)(=O)C(F)F)cc1)C(N)=O. The maximum atomic E-state index is 12.4. The van der Waals surface area contributed by atoms with E-state index in [0.717, 1.165) is 18.6 Å². The number of alkyl halides is 2. The lowest BCUT2D eigenvalue weighted by atomic mass is 9.98. The van der Waals surface area contributed by atoms with Crippen LogP contribution in [0.15, 0.2) is 29.2 Å². The molecule has 1 amide bonds. The Kier molecular flexibility index (Phi) is 5.65. The summed E-state index contributed by atoms with van der Waals surface area (Å²) >= 11 is 0. The van der Waals surface area contributed by atoms with Crippen molar-refractivity contribution >= 4 is 21.4 Å². The minimum Gasteiger partial charge on any atom is -0.373 e. The Balaban J connectivity index is 2.95. The number of anilines is 1. The van der Waals surface area contributed by atoms with Gasteiger partial charge in [-0.05, 0) is 30.2 Å². The lowest BCUT2D eigenvalue weighted by Gasteiger charge is -2.22. The van der Waals surface area contributed by atoms with Crippen molar-refractivity contribution in [2.45, 2.75) is 37.0 Å². The van der Waals surface area contributed by atoms with E-state index in [2.05, 4.69) is 5.32 Å². The molecule has 0 heterocycles. The molecule has 1 rings (SSSR count). The fraction of sp³-hybridized carbons (Fsp3) is 0.462. The number of primary amides is 1. The summed E-state index contributed by atoms with van der Waals surface area (Å²) in [7, 11) is -4.61. The Morgan fingerprint density at radius 1 is 1.29 bits per heavy atom. The van der Waals surface area contributed by atoms with Crippen LogP contribution < -0.4 is 11.1 Å². The lowest BCUT2D eigenvalue weighted by molar-refractivity contribution is -0.119. The molecule has 0 aliphatic carbocycles. The number of carbonyl (C=O) groups is 1. The van der Waals surface area contributed by atoms with Gasteiger partial charge in [-0.25, -0.2) is 8.42 Å². The second-order valence-electron chi connectivity index (χ2n) is 4.74. The average molecular weight is 320 g/mol. The first kappa shape index (κ1) is 17.4. The summed E-state index contributed by atoms with van der Waals surface area (Å²) < 4.78 is 47.4. The molecular formula is C13H18F2N2O3S. The molecule has 0 saturated heterocycles. The van der Waals surface area contributed by atoms with Crippen LogP contribution >= 0.6 is 0 Å². The molecule has 1 aromatic carbocycles. The zero-order valence-electron chi connectivity index (χ0n) is 11.7. The van der Waals surface area contributed by atoms with E-state index in [9.17, 15) is 22.0 Å². The third-order valence-electron chi connectivity index (χ3n) is 3.26. The topological polar surface area (TPSA) is 89.3 Å². The van der Waals surface area contributed by atoms with E-state index in [4.69, 9.17) is 5.73 Å². The van der Waals surface area contributed by atoms with Crippen molar-refractivity contribution in [3.63, 3.8) is 0 Å². The number of nitrogens with two attached hydrogens (primary N) is 1. The fourth-order valence-electron chi connectivity index (χ4n) is 1.75. The van der Waals surface area contributed by atoms with Crippen LogP contribution in [0.2, 0.25) is 0 Å². The van der Waals surface area contributed by atoms with E-state index >= 15 is 0 Å². The predicted molar refractivity (Wildman–Crippen MR) is 75.7 cm³/mol. The van der Waals surface area contributed by atoms with Gasteiger partial charge in [0, 0.05) is 5.69 Å². The normalized spacial score (nSPS) is 14.7. The van der Waals surface area contributed by atoms with Crippen LogP contribution in [0.25, 0.3) is 0 Å². The number of carbonyl (C=O) groups excluding carboxylic acids is 1. The average Bonchev–Trinajstić information content (AvgIpc) is 2.44. The van der Waals surface area contributed by atoms with Crippen molar-refractivity contribution in [3.8, 4) is 0 Å². The van der Waals surface area contributed by atoms with Crippen LogP contribution in [0.1, 0.15) is 20.3 Å². The van der Waals surface area contributed by atoms with Gasteiger partial charge in [0.1, 0.15) is 6.04 Å². The van der Waals surface area contributed by atoms with Crippen LogP contribution in [0.4, 0.5) is 14.5 Å². The number of hydrogen-bond donors (Lipinski definition) is 2. The summed E-state index contributed by atoms with van der Waals surface area (Å²) in [5.41, 5.74) is 5.74. The number of amides is 1. The molecule has 0 radical (unpaired) electrons. The Labute approximate surface area is 122 Å². The smallest absolute Gasteiger partial charge is 0.341 e. The Morgan fingerprint density at radius 3 is 2.19 bits per heavy atom. The third-order valence-corrected chi connectivity index (χ3v) is 4.66. The molecule has 0 fully saturated rings. The largest absolute Gasteiger partial charge is 0.373 e. The highest BCUT2D eigenvalue weighted by atomic mass is 32.2. The van der Waals surface area contributed by atoms with Gasteiger partial charge >= 0.3 is 5.76 Å². The second-order valence-corrected chi connectivity index (χ2v) is 6.66. The summed E-state index contributed by atoms with van der Waals surface area (Å²) in [6, 6.07) is 4.17. The highest BCUT2D eigenvalue weighted by molar-refractivity contribution is 7.91. The summed E-state index contributed by atoms with van der Waals surface area (Å²) in [4.78, 5) is 10.9. The van der Waals surface area contributed by atoms with E-state index in [1.165, 1.54) is 12.1 Å². The minimum atomic E-state index is -4.61. The fourth-order valence-corrected chi connectivity index (χ4v) is 2.47. The first-order chi connectivity index (χ1) is 9.70. The molecule has 0 aliphatic rings. The molecule has 2 unspecified atom stereocenters. The van der Waals surface area contributed by atoms with Gasteiger partial charge in [0.25, 0.3) is 0 Å². The molecular weight excluding hydrogens is 302 g/mol. The summed E-state index contributed by atoms with van der Waals surface area (Å²) in [5.74, 6) is -4.02. The number of nitrogens with one attached hydrogen (secondary N) is 1. The Bertz CT molecular complexity index is 588. The quantitative estimate of drug-likeness (QED) is 0.804. The van der Waals surface area contributed by atoms with E-state index in [1.807, 2.05) is 13.8 Å². The van der Waals surface area contributed by atoms with Gasteiger partial charge in [0.15, 0.2) is 0 Å². The van der Waals surface area contributed by atoms with Crippen molar-refractivity contribution < 1.29 is 22.0 Å². The molecule has 118 valence electrons. The Morgan fingerprint density at radius 2 is 1.81 bits per heavy atom. The predicted octanol–water partition coefficient (Wildman–Crippen LogP) is 1.99. The first-order valence-corrected chi connectivity index (χ1v) is 7.92. The number of rotatable bonds is 7. The minimum absolute atomic E-state index is 0.0213. The number of halogens is 2. The van der Waals surface area contributed by atoms with Gasteiger partial charge < -0.3 is 11.1 Å². The van der Waals surface area contributed by atoms with Gasteiger partial charge in [-0.1, -0.05) is 20.3 Å². The maximum absolute atomic E-state index is 12.4. The van der Waals surface area contributed by atoms with E-state index in [1.54, 1.807) is 0 Å². The van der Waals surface area contributed by atoms with Crippen LogP contribution in [0.5, 0.6) is 0 Å². The Hall–Kier alpha value is -1.70. The molecule has 0 aromatic heterocycles. The van der Waals surface area contributed by atoms with Gasteiger partial charge in [-0.15, -0.1) is 0 Å². The van der Waals surface area contributed by atoms with E-state index in [0.29, 0.717) is 5.69 Å². The number of sulfone groups is 1. The van der Waals surface area contributed by atoms with Gasteiger partial charge in [0.05, 0.1) is 4.90 Å². The standard InChI is InChI=1S/C13H18F2N2O3S/c1-3-8(2)11(12(16)18)17-9-4-6-10(7-5-9)21(19,20)13(14)15/h4-8,11,13,17H,3H2,1-2H3,(H2,16,18). The van der Waals surface area contributed by atoms with Crippen molar-refractivity contribution in [1.29, 1.82) is 0 Å². The van der Waals surface area contributed by atoms with Crippen molar-refractivity contribution in [3.05, 3.63) is 24.3 Å². The van der Waals surface area contributed by atoms with E-state index in [-0.39, 0.29) is 5.92 Å². The molecule has 3 N–H and O–H groups in total. The first-order valence-electron chi connectivity index (χ1n) is 6.38. The second kappa shape index (κ2) is 6.84. The van der Waals surface area contributed by atoms with Gasteiger partial charge in [-0.2, -0.15) is 8.78 Å².